The number of halogens is 1. The number of nitrogens with zero attached hydrogens (tertiary/aromatic N) is 1. The molecule has 2 N–H and O–H groups in total. The predicted octanol–water partition coefficient (Wildman–Crippen LogP) is 3.85. The van der Waals surface area contributed by atoms with Gasteiger partial charge in [0.25, 0.3) is 5.91 Å². The molecule has 1 amide bonds. The number of aromatic nitrogens is 2. The first kappa shape index (κ1) is 14.9. The summed E-state index contributed by atoms with van der Waals surface area (Å²) in [5, 5.41) is 4.93. The van der Waals surface area contributed by atoms with Crippen LogP contribution in [0.1, 0.15) is 10.6 Å². The summed E-state index contributed by atoms with van der Waals surface area (Å²) in [7, 11) is 0. The van der Waals surface area contributed by atoms with E-state index in [1.807, 2.05) is 6.07 Å². The molecule has 0 aliphatic rings. The van der Waals surface area contributed by atoms with Gasteiger partial charge in [0.1, 0.15) is 0 Å². The van der Waals surface area contributed by atoms with Gasteiger partial charge in [-0.1, -0.05) is 6.07 Å². The van der Waals surface area contributed by atoms with Crippen LogP contribution in [0.3, 0.4) is 0 Å². The molecule has 9 heteroatoms. The van der Waals surface area contributed by atoms with Gasteiger partial charge in [-0.2, -0.15) is 0 Å². The van der Waals surface area contributed by atoms with Crippen LogP contribution in [0.2, 0.25) is 0 Å². The molecule has 120 valence electrons. The Morgan fingerprint density at radius 3 is 2.92 bits per heavy atom. The first-order chi connectivity index (χ1) is 11.6. The average Bonchev–Trinajstić information content (AvgIpc) is 3.25. The molecule has 24 heavy (non-hydrogen) atoms. The summed E-state index contributed by atoms with van der Waals surface area (Å²) < 4.78 is 10.7. The highest BCUT2D eigenvalue weighted by Crippen LogP contribution is 2.27. The second-order valence-corrected chi connectivity index (χ2v) is 6.46. The van der Waals surface area contributed by atoms with E-state index in [2.05, 4.69) is 31.2 Å². The van der Waals surface area contributed by atoms with Gasteiger partial charge < -0.3 is 8.83 Å². The number of H-pyrrole nitrogens is 1. The lowest BCUT2D eigenvalue weighted by atomic mass is 10.1. The number of anilines is 1. The Balaban J connectivity index is 1.59. The quantitative estimate of drug-likeness (QED) is 0.538. The lowest BCUT2D eigenvalue weighted by Crippen LogP contribution is -2.10. The maximum Gasteiger partial charge on any atom is 0.417 e. The Morgan fingerprint density at radius 1 is 1.25 bits per heavy atom. The van der Waals surface area contributed by atoms with Crippen LogP contribution in [0, 0.1) is 0 Å². The van der Waals surface area contributed by atoms with Gasteiger partial charge >= 0.3 is 5.76 Å². The molecule has 0 saturated heterocycles. The van der Waals surface area contributed by atoms with Crippen LogP contribution >= 0.6 is 27.3 Å². The van der Waals surface area contributed by atoms with E-state index in [9.17, 15) is 9.59 Å². The van der Waals surface area contributed by atoms with E-state index in [4.69, 9.17) is 8.83 Å². The SMILES string of the molecule is O=C(Nc1nc(-c2ccc3[nH]c(=O)oc3c2)cs1)c1ccc(Br)o1. The maximum atomic E-state index is 12.0. The first-order valence-corrected chi connectivity index (χ1v) is 8.41. The Bertz CT molecular complexity index is 1110. The standard InChI is InChI=1S/C15H8BrN3O4S/c16-12-4-3-10(22-12)13(20)19-14-17-9(6-24-14)7-1-2-8-11(5-7)23-15(21)18-8/h1-6H,(H,18,21)(H,17,19,20). The third-order valence-corrected chi connectivity index (χ3v) is 4.42. The van der Waals surface area contributed by atoms with Crippen molar-refractivity contribution in [2.45, 2.75) is 0 Å². The Kier molecular flexibility index (Phi) is 3.58. The predicted molar refractivity (Wildman–Crippen MR) is 92.3 cm³/mol. The van der Waals surface area contributed by atoms with Gasteiger partial charge in [-0.3, -0.25) is 15.1 Å². The molecule has 0 radical (unpaired) electrons. The van der Waals surface area contributed by atoms with E-state index in [0.29, 0.717) is 26.6 Å². The zero-order valence-electron chi connectivity index (χ0n) is 11.8. The van der Waals surface area contributed by atoms with Crippen molar-refractivity contribution in [3.8, 4) is 11.3 Å². The van der Waals surface area contributed by atoms with E-state index in [1.54, 1.807) is 29.6 Å². The fraction of sp³-hybridized carbons (Fsp3) is 0. The topological polar surface area (TPSA) is 101 Å². The van der Waals surface area contributed by atoms with E-state index in [1.165, 1.54) is 11.3 Å². The van der Waals surface area contributed by atoms with Gasteiger partial charge in [0.05, 0.1) is 11.2 Å². The Hall–Kier alpha value is -2.65. The summed E-state index contributed by atoms with van der Waals surface area (Å²) in [5.74, 6) is -0.694. The number of hydrogen-bond acceptors (Lipinski definition) is 6. The van der Waals surface area contributed by atoms with Crippen LogP contribution in [-0.4, -0.2) is 15.9 Å². The van der Waals surface area contributed by atoms with Crippen LogP contribution in [0.15, 0.2) is 54.0 Å². The largest absolute Gasteiger partial charge is 0.444 e. The van der Waals surface area contributed by atoms with Crippen LogP contribution in [0.5, 0.6) is 0 Å². The highest BCUT2D eigenvalue weighted by atomic mass is 79.9. The van der Waals surface area contributed by atoms with Gasteiger partial charge in [0.2, 0.25) is 0 Å². The number of aromatic amines is 1. The number of hydrogen-bond donors (Lipinski definition) is 2. The molecular formula is C15H8BrN3O4S. The molecule has 7 nitrogen and oxygen atoms in total. The van der Waals surface area contributed by atoms with E-state index >= 15 is 0 Å². The normalized spacial score (nSPS) is 11.0. The zero-order chi connectivity index (χ0) is 16.7. The summed E-state index contributed by atoms with van der Waals surface area (Å²) >= 11 is 4.44. The number of rotatable bonds is 3. The Labute approximate surface area is 146 Å². The number of oxazole rings is 1. The fourth-order valence-corrected chi connectivity index (χ4v) is 3.18. The van der Waals surface area contributed by atoms with E-state index in [-0.39, 0.29) is 11.7 Å². The number of amides is 1. The number of carbonyl (C=O) groups excluding carboxylic acids is 1. The molecule has 0 unspecified atom stereocenters. The molecule has 3 aromatic heterocycles. The third-order valence-electron chi connectivity index (χ3n) is 3.24. The van der Waals surface area contributed by atoms with Crippen LogP contribution in [-0.2, 0) is 0 Å². The number of nitrogens with one attached hydrogen (secondary N) is 2. The number of fused-ring (bicyclic) bond motifs is 1. The molecular weight excluding hydrogens is 398 g/mol. The van der Waals surface area contributed by atoms with Crippen LogP contribution < -0.4 is 11.1 Å². The van der Waals surface area contributed by atoms with Crippen molar-refractivity contribution < 1.29 is 13.6 Å². The molecule has 0 bridgehead atoms. The highest BCUT2D eigenvalue weighted by Gasteiger charge is 2.14. The summed E-state index contributed by atoms with van der Waals surface area (Å²) in [6, 6.07) is 8.49. The number of carbonyl (C=O) groups is 1. The lowest BCUT2D eigenvalue weighted by molar-refractivity contribution is 0.0995. The number of furan rings is 1. The second kappa shape index (κ2) is 5.77. The van der Waals surface area contributed by atoms with Crippen LogP contribution in [0.4, 0.5) is 5.13 Å². The van der Waals surface area contributed by atoms with Gasteiger partial charge in [-0.05, 0) is 40.2 Å². The highest BCUT2D eigenvalue weighted by molar-refractivity contribution is 9.10. The number of benzene rings is 1. The van der Waals surface area contributed by atoms with Crippen molar-refractivity contribution in [3.05, 3.63) is 56.7 Å². The molecule has 3 heterocycles. The van der Waals surface area contributed by atoms with Gasteiger partial charge in [-0.25, -0.2) is 9.78 Å². The monoisotopic (exact) mass is 405 g/mol. The van der Waals surface area contributed by atoms with Crippen molar-refractivity contribution in [2.75, 3.05) is 5.32 Å². The molecule has 0 aliphatic heterocycles. The first-order valence-electron chi connectivity index (χ1n) is 6.74. The summed E-state index contributed by atoms with van der Waals surface area (Å²) in [5.41, 5.74) is 2.52. The van der Waals surface area contributed by atoms with Gasteiger partial charge in [0.15, 0.2) is 21.1 Å². The van der Waals surface area contributed by atoms with Crippen LogP contribution in [0.25, 0.3) is 22.4 Å². The smallest absolute Gasteiger partial charge is 0.417 e. The fourth-order valence-electron chi connectivity index (χ4n) is 2.16. The summed E-state index contributed by atoms with van der Waals surface area (Å²) in [6.07, 6.45) is 0. The minimum Gasteiger partial charge on any atom is -0.444 e. The summed E-state index contributed by atoms with van der Waals surface area (Å²) in [6.45, 7) is 0. The van der Waals surface area contributed by atoms with Crippen molar-refractivity contribution in [3.63, 3.8) is 0 Å². The third kappa shape index (κ3) is 2.79. The van der Waals surface area contributed by atoms with Crippen molar-refractivity contribution in [1.29, 1.82) is 0 Å². The molecule has 0 saturated carbocycles. The minimum atomic E-state index is -0.502. The molecule has 0 spiro atoms. The molecule has 4 rings (SSSR count). The molecule has 4 aromatic rings. The summed E-state index contributed by atoms with van der Waals surface area (Å²) in [4.78, 5) is 30.2. The lowest BCUT2D eigenvalue weighted by Gasteiger charge is -1.98. The Morgan fingerprint density at radius 2 is 2.12 bits per heavy atom. The molecule has 0 atom stereocenters. The minimum absolute atomic E-state index is 0.189. The van der Waals surface area contributed by atoms with Crippen molar-refractivity contribution in [2.24, 2.45) is 0 Å². The molecule has 1 aromatic carbocycles. The average molecular weight is 406 g/mol. The molecule has 0 aliphatic carbocycles. The van der Waals surface area contributed by atoms with Crippen molar-refractivity contribution >= 4 is 49.4 Å². The zero-order valence-corrected chi connectivity index (χ0v) is 14.2. The maximum absolute atomic E-state index is 12.0. The van der Waals surface area contributed by atoms with Gasteiger partial charge in [-0.15, -0.1) is 11.3 Å². The second-order valence-electron chi connectivity index (χ2n) is 4.82. The van der Waals surface area contributed by atoms with E-state index in [0.717, 1.165) is 5.56 Å². The molecule has 0 fully saturated rings. The van der Waals surface area contributed by atoms with Crippen molar-refractivity contribution in [1.82, 2.24) is 9.97 Å². The van der Waals surface area contributed by atoms with E-state index < -0.39 is 5.76 Å². The number of thiazole rings is 1. The van der Waals surface area contributed by atoms with Gasteiger partial charge in [0, 0.05) is 10.9 Å².